The summed E-state index contributed by atoms with van der Waals surface area (Å²) in [4.78, 5) is 0. The molecular formula is C14H18N2. The molecule has 0 saturated heterocycles. The van der Waals surface area contributed by atoms with Crippen molar-refractivity contribution in [2.45, 2.75) is 26.2 Å². The van der Waals surface area contributed by atoms with Gasteiger partial charge in [0, 0.05) is 23.7 Å². The molecule has 0 radical (unpaired) electrons. The van der Waals surface area contributed by atoms with Crippen LogP contribution in [0.25, 0.3) is 11.3 Å². The van der Waals surface area contributed by atoms with Crippen molar-refractivity contribution in [2.75, 3.05) is 0 Å². The Labute approximate surface area is 96.9 Å². The van der Waals surface area contributed by atoms with Crippen LogP contribution in [0.1, 0.15) is 26.5 Å². The summed E-state index contributed by atoms with van der Waals surface area (Å²) < 4.78 is 1.97. The van der Waals surface area contributed by atoms with E-state index in [0.717, 1.165) is 5.69 Å². The maximum absolute atomic E-state index is 4.56. The minimum atomic E-state index is 0.134. The van der Waals surface area contributed by atoms with Crippen LogP contribution in [0.5, 0.6) is 0 Å². The van der Waals surface area contributed by atoms with Gasteiger partial charge < -0.3 is 0 Å². The Balaban J connectivity index is 2.47. The maximum atomic E-state index is 4.56. The van der Waals surface area contributed by atoms with Gasteiger partial charge in [-0.3, -0.25) is 4.68 Å². The molecule has 0 unspecified atom stereocenters. The number of hydrogen-bond donors (Lipinski definition) is 0. The smallest absolute Gasteiger partial charge is 0.0926 e. The van der Waals surface area contributed by atoms with E-state index >= 15 is 0 Å². The molecule has 0 spiro atoms. The molecule has 2 heteroatoms. The molecular weight excluding hydrogens is 196 g/mol. The summed E-state index contributed by atoms with van der Waals surface area (Å²) in [6.45, 7) is 6.62. The van der Waals surface area contributed by atoms with Crippen molar-refractivity contribution in [3.63, 3.8) is 0 Å². The number of aromatic nitrogens is 2. The average molecular weight is 214 g/mol. The third-order valence-corrected chi connectivity index (χ3v) is 2.72. The van der Waals surface area contributed by atoms with E-state index in [9.17, 15) is 0 Å². The van der Waals surface area contributed by atoms with Crippen LogP contribution in [-0.4, -0.2) is 9.78 Å². The summed E-state index contributed by atoms with van der Waals surface area (Å²) in [5.74, 6) is 0. The molecule has 0 aliphatic carbocycles. The Hall–Kier alpha value is -1.57. The molecule has 0 N–H and O–H groups in total. The second kappa shape index (κ2) is 3.78. The largest absolute Gasteiger partial charge is 0.272 e. The van der Waals surface area contributed by atoms with Gasteiger partial charge in [-0.15, -0.1) is 0 Å². The molecule has 0 bridgehead atoms. The molecule has 1 aromatic heterocycles. The van der Waals surface area contributed by atoms with Crippen LogP contribution >= 0.6 is 0 Å². The van der Waals surface area contributed by atoms with Crippen molar-refractivity contribution in [3.05, 3.63) is 42.1 Å². The number of hydrogen-bond acceptors (Lipinski definition) is 1. The molecule has 0 aliphatic rings. The first-order valence-corrected chi connectivity index (χ1v) is 5.58. The first-order valence-electron chi connectivity index (χ1n) is 5.58. The van der Waals surface area contributed by atoms with Gasteiger partial charge in [-0.25, -0.2) is 0 Å². The minimum Gasteiger partial charge on any atom is -0.272 e. The Bertz CT molecular complexity index is 475. The summed E-state index contributed by atoms with van der Waals surface area (Å²) in [6.07, 6.45) is 0. The Morgan fingerprint density at radius 2 is 1.69 bits per heavy atom. The standard InChI is InChI=1S/C14H18N2/c1-14(2,3)13-10-12(15-16(13)4)11-8-6-5-7-9-11/h5-10H,1-4H3. The molecule has 0 aliphatic heterocycles. The summed E-state index contributed by atoms with van der Waals surface area (Å²) in [7, 11) is 2.01. The number of nitrogens with zero attached hydrogens (tertiary/aromatic N) is 2. The normalized spacial score (nSPS) is 11.8. The van der Waals surface area contributed by atoms with Crippen molar-refractivity contribution < 1.29 is 0 Å². The quantitative estimate of drug-likeness (QED) is 0.711. The van der Waals surface area contributed by atoms with E-state index in [-0.39, 0.29) is 5.41 Å². The van der Waals surface area contributed by atoms with Gasteiger partial charge in [0.2, 0.25) is 0 Å². The van der Waals surface area contributed by atoms with Gasteiger partial charge in [0.25, 0.3) is 0 Å². The first kappa shape index (κ1) is 10.9. The summed E-state index contributed by atoms with van der Waals surface area (Å²) in [5.41, 5.74) is 3.61. The average Bonchev–Trinajstić information content (AvgIpc) is 2.61. The van der Waals surface area contributed by atoms with Crippen LogP contribution in [0, 0.1) is 0 Å². The van der Waals surface area contributed by atoms with Crippen molar-refractivity contribution in [3.8, 4) is 11.3 Å². The molecule has 1 aromatic carbocycles. The summed E-state index contributed by atoms with van der Waals surface area (Å²) >= 11 is 0. The van der Waals surface area contributed by atoms with Gasteiger partial charge in [-0.2, -0.15) is 5.10 Å². The fourth-order valence-corrected chi connectivity index (χ4v) is 1.92. The van der Waals surface area contributed by atoms with Crippen LogP contribution in [0.15, 0.2) is 36.4 Å². The van der Waals surface area contributed by atoms with E-state index in [1.807, 2.05) is 29.9 Å². The van der Waals surface area contributed by atoms with Crippen LogP contribution in [0.2, 0.25) is 0 Å². The lowest BCUT2D eigenvalue weighted by Gasteiger charge is -2.17. The second-order valence-corrected chi connectivity index (χ2v) is 5.15. The molecule has 2 aromatic rings. The molecule has 2 nitrogen and oxygen atoms in total. The Kier molecular flexibility index (Phi) is 2.58. The van der Waals surface area contributed by atoms with Crippen molar-refractivity contribution in [1.29, 1.82) is 0 Å². The van der Waals surface area contributed by atoms with Crippen LogP contribution in [-0.2, 0) is 12.5 Å². The predicted octanol–water partition coefficient (Wildman–Crippen LogP) is 3.38. The molecule has 2 rings (SSSR count). The molecule has 0 atom stereocenters. The van der Waals surface area contributed by atoms with Crippen LogP contribution < -0.4 is 0 Å². The zero-order chi connectivity index (χ0) is 11.8. The highest BCUT2D eigenvalue weighted by Gasteiger charge is 2.19. The number of rotatable bonds is 1. The number of aryl methyl sites for hydroxylation is 1. The fourth-order valence-electron chi connectivity index (χ4n) is 1.92. The van der Waals surface area contributed by atoms with Crippen molar-refractivity contribution in [1.82, 2.24) is 9.78 Å². The topological polar surface area (TPSA) is 17.8 Å². The Morgan fingerprint density at radius 1 is 1.06 bits per heavy atom. The lowest BCUT2D eigenvalue weighted by molar-refractivity contribution is 0.523. The van der Waals surface area contributed by atoms with Crippen LogP contribution in [0.4, 0.5) is 0 Å². The SMILES string of the molecule is Cn1nc(-c2ccccc2)cc1C(C)(C)C. The zero-order valence-corrected chi connectivity index (χ0v) is 10.4. The van der Waals surface area contributed by atoms with Gasteiger partial charge in [0.15, 0.2) is 0 Å². The van der Waals surface area contributed by atoms with Crippen molar-refractivity contribution in [2.24, 2.45) is 7.05 Å². The van der Waals surface area contributed by atoms with Gasteiger partial charge in [0.05, 0.1) is 5.69 Å². The van der Waals surface area contributed by atoms with E-state index in [4.69, 9.17) is 0 Å². The summed E-state index contributed by atoms with van der Waals surface area (Å²) in [5, 5.41) is 4.56. The highest BCUT2D eigenvalue weighted by atomic mass is 15.3. The number of benzene rings is 1. The van der Waals surface area contributed by atoms with E-state index in [2.05, 4.69) is 44.1 Å². The summed E-state index contributed by atoms with van der Waals surface area (Å²) in [6, 6.07) is 12.5. The van der Waals surface area contributed by atoms with Gasteiger partial charge in [-0.05, 0) is 6.07 Å². The maximum Gasteiger partial charge on any atom is 0.0926 e. The minimum absolute atomic E-state index is 0.134. The molecule has 0 fully saturated rings. The predicted molar refractivity (Wildman–Crippen MR) is 67.3 cm³/mol. The van der Waals surface area contributed by atoms with E-state index < -0.39 is 0 Å². The lowest BCUT2D eigenvalue weighted by Crippen LogP contribution is -2.16. The molecule has 0 saturated carbocycles. The second-order valence-electron chi connectivity index (χ2n) is 5.15. The molecule has 0 amide bonds. The zero-order valence-electron chi connectivity index (χ0n) is 10.4. The monoisotopic (exact) mass is 214 g/mol. The molecule has 84 valence electrons. The van der Waals surface area contributed by atoms with Crippen LogP contribution in [0.3, 0.4) is 0 Å². The van der Waals surface area contributed by atoms with Crippen molar-refractivity contribution >= 4 is 0 Å². The third-order valence-electron chi connectivity index (χ3n) is 2.72. The van der Waals surface area contributed by atoms with E-state index in [1.165, 1.54) is 11.3 Å². The van der Waals surface area contributed by atoms with Gasteiger partial charge in [-0.1, -0.05) is 51.1 Å². The molecule has 1 heterocycles. The van der Waals surface area contributed by atoms with E-state index in [1.54, 1.807) is 0 Å². The first-order chi connectivity index (χ1) is 7.48. The Morgan fingerprint density at radius 3 is 2.19 bits per heavy atom. The highest BCUT2D eigenvalue weighted by Crippen LogP contribution is 2.26. The molecule has 16 heavy (non-hydrogen) atoms. The fraction of sp³-hybridized carbons (Fsp3) is 0.357. The van der Waals surface area contributed by atoms with E-state index in [0.29, 0.717) is 0 Å². The highest BCUT2D eigenvalue weighted by molar-refractivity contribution is 5.59. The van der Waals surface area contributed by atoms with Gasteiger partial charge >= 0.3 is 0 Å². The third kappa shape index (κ3) is 2.01. The van der Waals surface area contributed by atoms with Gasteiger partial charge in [0.1, 0.15) is 0 Å². The lowest BCUT2D eigenvalue weighted by atomic mass is 9.91.